The van der Waals surface area contributed by atoms with E-state index in [1.165, 1.54) is 24.3 Å². The first-order valence-corrected chi connectivity index (χ1v) is 12.3. The van der Waals surface area contributed by atoms with Gasteiger partial charge in [-0.25, -0.2) is 0 Å². The van der Waals surface area contributed by atoms with Crippen LogP contribution >= 0.6 is 0 Å². The Balaban J connectivity index is 1.81. The Hall–Kier alpha value is -3.31. The van der Waals surface area contributed by atoms with Crippen LogP contribution in [-0.4, -0.2) is 107 Å². The molecular weight excluding hydrogens is 536 g/mol. The zero-order chi connectivity index (χ0) is 29.0. The fourth-order valence-electron chi connectivity index (χ4n) is 5.11. The lowest BCUT2D eigenvalue weighted by Gasteiger charge is -2.41. The van der Waals surface area contributed by atoms with Crippen molar-refractivity contribution in [3.05, 3.63) is 51.7 Å². The molecule has 2 aromatic carbocycles. The van der Waals surface area contributed by atoms with E-state index >= 15 is 0 Å². The van der Waals surface area contributed by atoms with Gasteiger partial charge in [-0.2, -0.15) is 0 Å². The standard InChI is InChI=1S/C26H28O14/c27-6-13-18(32)21(35)23(37)26(40-13)16-20(34)15(25-22(36)17(31)11(30)7-38-25)19(33)14-10(29)5-12(39-24(14)16)8-1-3-9(28)4-2-8/h1-5,11,13,17-18,21-23,25-28,30-37H,6-7H2/t11-,13-,17+,18-,21+,22-,23-,25+,26+/m0/s1. The number of rotatable bonds is 4. The van der Waals surface area contributed by atoms with Crippen molar-refractivity contribution < 1.29 is 65.0 Å². The third-order valence-corrected chi connectivity index (χ3v) is 7.31. The van der Waals surface area contributed by atoms with Crippen molar-refractivity contribution in [1.82, 2.24) is 0 Å². The summed E-state index contributed by atoms with van der Waals surface area (Å²) in [5.41, 5.74) is -2.19. The summed E-state index contributed by atoms with van der Waals surface area (Å²) >= 11 is 0. The third kappa shape index (κ3) is 4.49. The molecule has 2 aliphatic heterocycles. The fourth-order valence-corrected chi connectivity index (χ4v) is 5.11. The molecule has 0 spiro atoms. The molecule has 9 atom stereocenters. The molecule has 14 heteroatoms. The summed E-state index contributed by atoms with van der Waals surface area (Å²) in [5.74, 6) is -2.00. The summed E-state index contributed by atoms with van der Waals surface area (Å²) in [6.45, 7) is -1.34. The molecular formula is C26H28O14. The quantitative estimate of drug-likeness (QED) is 0.169. The van der Waals surface area contributed by atoms with Gasteiger partial charge in [-0.15, -0.1) is 0 Å². The topological polar surface area (TPSA) is 251 Å². The molecule has 0 radical (unpaired) electrons. The smallest absolute Gasteiger partial charge is 0.197 e. The lowest BCUT2D eigenvalue weighted by atomic mass is 9.85. The van der Waals surface area contributed by atoms with Crippen LogP contribution in [0.4, 0.5) is 0 Å². The molecule has 3 aromatic rings. The molecule has 0 amide bonds. The lowest BCUT2D eigenvalue weighted by molar-refractivity contribution is -0.231. The van der Waals surface area contributed by atoms with E-state index in [-0.39, 0.29) is 11.5 Å². The number of hydrogen-bond donors (Lipinski definition) is 10. The predicted octanol–water partition coefficient (Wildman–Crippen LogP) is -1.75. The summed E-state index contributed by atoms with van der Waals surface area (Å²) in [5, 5.41) is 104. The van der Waals surface area contributed by atoms with Crippen molar-refractivity contribution in [2.24, 2.45) is 0 Å². The van der Waals surface area contributed by atoms with Crippen molar-refractivity contribution in [1.29, 1.82) is 0 Å². The van der Waals surface area contributed by atoms with Gasteiger partial charge in [0, 0.05) is 11.6 Å². The second-order valence-electron chi connectivity index (χ2n) is 9.80. The van der Waals surface area contributed by atoms with E-state index in [0.29, 0.717) is 5.56 Å². The van der Waals surface area contributed by atoms with E-state index in [1.54, 1.807) is 0 Å². The fraction of sp³-hybridized carbons (Fsp3) is 0.423. The Labute approximate surface area is 224 Å². The van der Waals surface area contributed by atoms with E-state index in [9.17, 15) is 55.9 Å². The summed E-state index contributed by atoms with van der Waals surface area (Å²) in [6.07, 6.45) is -15.7. The summed E-state index contributed by atoms with van der Waals surface area (Å²) < 4.78 is 16.9. The predicted molar refractivity (Wildman–Crippen MR) is 132 cm³/mol. The molecule has 1 aromatic heterocycles. The van der Waals surface area contributed by atoms with Crippen LogP contribution in [0.15, 0.2) is 39.5 Å². The van der Waals surface area contributed by atoms with Gasteiger partial charge in [0.05, 0.1) is 24.3 Å². The Morgan fingerprint density at radius 3 is 2.08 bits per heavy atom. The van der Waals surface area contributed by atoms with Gasteiger partial charge in [-0.05, 0) is 24.3 Å². The number of hydrogen-bond acceptors (Lipinski definition) is 14. The van der Waals surface area contributed by atoms with E-state index in [2.05, 4.69) is 0 Å². The molecule has 0 unspecified atom stereocenters. The Kier molecular flexibility index (Phi) is 7.47. The number of aliphatic hydroxyl groups is 7. The van der Waals surface area contributed by atoms with Crippen LogP contribution in [0.3, 0.4) is 0 Å². The highest BCUT2D eigenvalue weighted by molar-refractivity contribution is 5.92. The van der Waals surface area contributed by atoms with Gasteiger partial charge in [0.25, 0.3) is 0 Å². The van der Waals surface area contributed by atoms with E-state index in [4.69, 9.17) is 13.9 Å². The number of benzene rings is 2. The Morgan fingerprint density at radius 1 is 0.775 bits per heavy atom. The number of phenolic OH excluding ortho intramolecular Hbond substituents is 3. The largest absolute Gasteiger partial charge is 0.508 e. The van der Waals surface area contributed by atoms with E-state index < -0.39 is 107 Å². The molecule has 3 heterocycles. The first kappa shape index (κ1) is 28.2. The van der Waals surface area contributed by atoms with Gasteiger partial charge in [0.2, 0.25) is 0 Å². The Bertz CT molecular complexity index is 1450. The van der Waals surface area contributed by atoms with E-state index in [0.717, 1.165) is 6.07 Å². The average Bonchev–Trinajstić information content (AvgIpc) is 2.92. The minimum absolute atomic E-state index is 0.0767. The second kappa shape index (κ2) is 10.6. The molecule has 2 fully saturated rings. The van der Waals surface area contributed by atoms with Gasteiger partial charge < -0.3 is 65.0 Å². The second-order valence-corrected chi connectivity index (χ2v) is 9.80. The van der Waals surface area contributed by atoms with E-state index in [1.807, 2.05) is 0 Å². The molecule has 0 bridgehead atoms. The van der Waals surface area contributed by atoms with Crippen molar-refractivity contribution in [2.75, 3.05) is 13.2 Å². The molecule has 0 saturated carbocycles. The van der Waals surface area contributed by atoms with Crippen molar-refractivity contribution in [2.45, 2.75) is 54.9 Å². The summed E-state index contributed by atoms with van der Waals surface area (Å²) in [4.78, 5) is 13.4. The van der Waals surface area contributed by atoms with Crippen LogP contribution < -0.4 is 5.43 Å². The normalized spacial score (nSPS) is 32.8. The highest BCUT2D eigenvalue weighted by Crippen LogP contribution is 2.50. The van der Waals surface area contributed by atoms with Crippen LogP contribution in [0.5, 0.6) is 17.2 Å². The lowest BCUT2D eigenvalue weighted by Crippen LogP contribution is -2.55. The van der Waals surface area contributed by atoms with Gasteiger partial charge in [-0.3, -0.25) is 4.79 Å². The third-order valence-electron chi connectivity index (χ3n) is 7.31. The molecule has 2 saturated heterocycles. The number of phenols is 3. The van der Waals surface area contributed by atoms with Crippen LogP contribution in [0.25, 0.3) is 22.3 Å². The molecule has 5 rings (SSSR count). The first-order chi connectivity index (χ1) is 19.0. The molecule has 40 heavy (non-hydrogen) atoms. The monoisotopic (exact) mass is 564 g/mol. The number of aliphatic hydroxyl groups excluding tert-OH is 7. The van der Waals surface area contributed by atoms with Crippen LogP contribution in [0.2, 0.25) is 0 Å². The molecule has 10 N–H and O–H groups in total. The molecule has 216 valence electrons. The number of fused-ring (bicyclic) bond motifs is 1. The highest BCUT2D eigenvalue weighted by Gasteiger charge is 2.48. The molecule has 0 aliphatic carbocycles. The molecule has 14 nitrogen and oxygen atoms in total. The van der Waals surface area contributed by atoms with Gasteiger partial charge >= 0.3 is 0 Å². The maximum atomic E-state index is 13.4. The highest BCUT2D eigenvalue weighted by atomic mass is 16.5. The van der Waals surface area contributed by atoms with Gasteiger partial charge in [-0.1, -0.05) is 0 Å². The zero-order valence-electron chi connectivity index (χ0n) is 20.6. The SMILES string of the molecule is O=c1cc(-c2ccc(O)cc2)oc2c([C@H]3O[C@@H](CO)[C@H](O)[C@@H](O)[C@@H]3O)c(O)c([C@H]3OC[C@H](O)[C@@H](O)[C@@H]3O)c(O)c12. The van der Waals surface area contributed by atoms with Crippen LogP contribution in [0.1, 0.15) is 23.3 Å². The van der Waals surface area contributed by atoms with Crippen molar-refractivity contribution in [3.63, 3.8) is 0 Å². The van der Waals surface area contributed by atoms with Crippen molar-refractivity contribution >= 4 is 11.0 Å². The average molecular weight is 564 g/mol. The first-order valence-electron chi connectivity index (χ1n) is 12.3. The van der Waals surface area contributed by atoms with Crippen molar-refractivity contribution in [3.8, 4) is 28.6 Å². The van der Waals surface area contributed by atoms with Crippen LogP contribution in [-0.2, 0) is 9.47 Å². The zero-order valence-corrected chi connectivity index (χ0v) is 20.6. The van der Waals surface area contributed by atoms with Crippen LogP contribution in [0, 0.1) is 0 Å². The number of ether oxygens (including phenoxy) is 2. The summed E-state index contributed by atoms with van der Waals surface area (Å²) in [6, 6.07) is 6.47. The minimum atomic E-state index is -1.96. The van der Waals surface area contributed by atoms with Gasteiger partial charge in [0.15, 0.2) is 11.0 Å². The maximum absolute atomic E-state index is 13.4. The summed E-state index contributed by atoms with van der Waals surface area (Å²) in [7, 11) is 0. The molecule has 2 aliphatic rings. The Morgan fingerprint density at radius 2 is 1.43 bits per heavy atom. The van der Waals surface area contributed by atoms with Gasteiger partial charge in [0.1, 0.15) is 83.3 Å². The maximum Gasteiger partial charge on any atom is 0.197 e. The number of aromatic hydroxyl groups is 3. The minimum Gasteiger partial charge on any atom is -0.508 e.